The normalized spacial score (nSPS) is 13.8. The molecule has 1 fully saturated rings. The molecule has 1 aliphatic rings. The first-order chi connectivity index (χ1) is 14.2. The molecule has 0 bridgehead atoms. The second-order valence-electron chi connectivity index (χ2n) is 6.66. The number of oxazole rings is 1. The topological polar surface area (TPSA) is 82.6 Å². The zero-order chi connectivity index (χ0) is 20.2. The first-order valence-corrected chi connectivity index (χ1v) is 9.34. The lowest BCUT2D eigenvalue weighted by molar-refractivity contribution is 0.0745. The molecule has 0 N–H and O–H groups in total. The highest BCUT2D eigenvalue weighted by Gasteiger charge is 2.27. The van der Waals surface area contributed by atoms with Gasteiger partial charge in [-0.3, -0.25) is 4.79 Å². The Morgan fingerprint density at radius 1 is 1.10 bits per heavy atom. The van der Waals surface area contributed by atoms with Crippen molar-refractivity contribution in [2.75, 3.05) is 38.2 Å². The molecule has 1 saturated heterocycles. The van der Waals surface area contributed by atoms with E-state index in [0.717, 1.165) is 5.56 Å². The third kappa shape index (κ3) is 3.78. The summed E-state index contributed by atoms with van der Waals surface area (Å²) in [7, 11) is 1.59. The molecule has 2 heterocycles. The number of ether oxygens (including phenoxy) is 1. The first kappa shape index (κ1) is 18.6. The average Bonchev–Trinajstić information content (AvgIpc) is 3.24. The molecule has 0 saturated carbocycles. The van der Waals surface area contributed by atoms with Gasteiger partial charge in [-0.25, -0.2) is 0 Å². The van der Waals surface area contributed by atoms with E-state index in [0.29, 0.717) is 49.3 Å². The molecular formula is C22H20N4O3. The minimum absolute atomic E-state index is 0.0143. The Hall–Kier alpha value is -3.79. The van der Waals surface area contributed by atoms with Gasteiger partial charge in [0.15, 0.2) is 0 Å². The molecule has 0 radical (unpaired) electrons. The van der Waals surface area contributed by atoms with E-state index in [1.807, 2.05) is 64.4 Å². The van der Waals surface area contributed by atoms with Gasteiger partial charge in [-0.05, 0) is 30.3 Å². The lowest BCUT2D eigenvalue weighted by atomic mass is 10.2. The number of aromatic nitrogens is 1. The van der Waals surface area contributed by atoms with Gasteiger partial charge in [-0.2, -0.15) is 10.2 Å². The second kappa shape index (κ2) is 8.07. The number of piperazine rings is 1. The van der Waals surface area contributed by atoms with E-state index in [-0.39, 0.29) is 11.6 Å². The summed E-state index contributed by atoms with van der Waals surface area (Å²) in [5.74, 6) is 1.52. The Morgan fingerprint density at radius 3 is 2.55 bits per heavy atom. The minimum Gasteiger partial charge on any atom is -0.497 e. The van der Waals surface area contributed by atoms with E-state index < -0.39 is 0 Å². The third-order valence-corrected chi connectivity index (χ3v) is 4.91. The van der Waals surface area contributed by atoms with Gasteiger partial charge in [0.25, 0.3) is 5.91 Å². The number of nitrogens with zero attached hydrogens (tertiary/aromatic N) is 4. The highest BCUT2D eigenvalue weighted by Crippen LogP contribution is 2.30. The van der Waals surface area contributed by atoms with E-state index >= 15 is 0 Å². The molecule has 146 valence electrons. The lowest BCUT2D eigenvalue weighted by Crippen LogP contribution is -2.48. The van der Waals surface area contributed by atoms with E-state index in [1.54, 1.807) is 7.11 Å². The highest BCUT2D eigenvalue weighted by atomic mass is 16.5. The molecule has 7 heteroatoms. The van der Waals surface area contributed by atoms with Crippen LogP contribution >= 0.6 is 0 Å². The van der Waals surface area contributed by atoms with E-state index in [9.17, 15) is 10.1 Å². The van der Waals surface area contributed by atoms with Crippen LogP contribution in [0.25, 0.3) is 11.5 Å². The van der Waals surface area contributed by atoms with Crippen molar-refractivity contribution in [1.82, 2.24) is 9.88 Å². The molecule has 1 amide bonds. The number of hydrogen-bond acceptors (Lipinski definition) is 6. The van der Waals surface area contributed by atoms with Crippen molar-refractivity contribution in [3.8, 4) is 23.3 Å². The summed E-state index contributed by atoms with van der Waals surface area (Å²) >= 11 is 0. The number of amides is 1. The van der Waals surface area contributed by atoms with E-state index in [4.69, 9.17) is 9.15 Å². The summed E-state index contributed by atoms with van der Waals surface area (Å²) < 4.78 is 11.2. The van der Waals surface area contributed by atoms with Crippen LogP contribution in [0.15, 0.2) is 59.0 Å². The molecule has 0 aliphatic carbocycles. The zero-order valence-electron chi connectivity index (χ0n) is 16.0. The number of rotatable bonds is 4. The van der Waals surface area contributed by atoms with Crippen molar-refractivity contribution >= 4 is 11.8 Å². The lowest BCUT2D eigenvalue weighted by Gasteiger charge is -2.34. The third-order valence-electron chi connectivity index (χ3n) is 4.91. The fourth-order valence-electron chi connectivity index (χ4n) is 3.35. The molecule has 1 aromatic heterocycles. The van der Waals surface area contributed by atoms with Gasteiger partial charge >= 0.3 is 0 Å². The fraction of sp³-hybridized carbons (Fsp3) is 0.227. The Balaban J connectivity index is 1.50. The van der Waals surface area contributed by atoms with Crippen LogP contribution in [0.2, 0.25) is 0 Å². The smallest absolute Gasteiger partial charge is 0.253 e. The molecule has 4 rings (SSSR count). The summed E-state index contributed by atoms with van der Waals surface area (Å²) in [5.41, 5.74) is 1.66. The van der Waals surface area contributed by atoms with Gasteiger partial charge in [0.1, 0.15) is 11.8 Å². The zero-order valence-corrected chi connectivity index (χ0v) is 16.0. The molecule has 2 aromatic carbocycles. The minimum atomic E-state index is 0.0143. The van der Waals surface area contributed by atoms with Crippen LogP contribution in [-0.4, -0.2) is 49.1 Å². The summed E-state index contributed by atoms with van der Waals surface area (Å²) in [6, 6.07) is 18.7. The number of nitriles is 1. The van der Waals surface area contributed by atoms with Crippen LogP contribution in [0.3, 0.4) is 0 Å². The van der Waals surface area contributed by atoms with Gasteiger partial charge in [0.05, 0.1) is 7.11 Å². The van der Waals surface area contributed by atoms with E-state index in [1.165, 1.54) is 0 Å². The molecule has 3 aromatic rings. The van der Waals surface area contributed by atoms with Crippen LogP contribution in [0, 0.1) is 11.3 Å². The predicted octanol–water partition coefficient (Wildman–Crippen LogP) is 3.18. The first-order valence-electron chi connectivity index (χ1n) is 9.34. The van der Waals surface area contributed by atoms with Crippen LogP contribution in [0.1, 0.15) is 16.1 Å². The Kier molecular flexibility index (Phi) is 5.16. The summed E-state index contributed by atoms with van der Waals surface area (Å²) in [5, 5.41) is 9.51. The number of carbonyl (C=O) groups excluding carboxylic acids is 1. The fourth-order valence-corrected chi connectivity index (χ4v) is 3.35. The molecular weight excluding hydrogens is 368 g/mol. The maximum Gasteiger partial charge on any atom is 0.253 e. The second-order valence-corrected chi connectivity index (χ2v) is 6.66. The Labute approximate surface area is 168 Å². The summed E-state index contributed by atoms with van der Waals surface area (Å²) in [6.07, 6.45) is 0. The highest BCUT2D eigenvalue weighted by molar-refractivity contribution is 5.94. The average molecular weight is 388 g/mol. The molecule has 0 unspecified atom stereocenters. The van der Waals surface area contributed by atoms with Crippen LogP contribution in [0.4, 0.5) is 5.88 Å². The van der Waals surface area contributed by atoms with Gasteiger partial charge in [-0.1, -0.05) is 24.3 Å². The van der Waals surface area contributed by atoms with Crippen LogP contribution in [0.5, 0.6) is 5.75 Å². The van der Waals surface area contributed by atoms with Gasteiger partial charge < -0.3 is 19.0 Å². The van der Waals surface area contributed by atoms with Crippen molar-refractivity contribution < 1.29 is 13.9 Å². The van der Waals surface area contributed by atoms with Crippen LogP contribution in [-0.2, 0) is 0 Å². The van der Waals surface area contributed by atoms with Gasteiger partial charge in [0.2, 0.25) is 17.5 Å². The number of benzene rings is 2. The van der Waals surface area contributed by atoms with Crippen molar-refractivity contribution in [1.29, 1.82) is 5.26 Å². The molecule has 0 atom stereocenters. The molecule has 1 aliphatic heterocycles. The maximum absolute atomic E-state index is 12.6. The quantitative estimate of drug-likeness (QED) is 0.683. The molecule has 29 heavy (non-hydrogen) atoms. The summed E-state index contributed by atoms with van der Waals surface area (Å²) in [4.78, 5) is 20.7. The number of carbonyl (C=O) groups is 1. The Morgan fingerprint density at radius 2 is 1.86 bits per heavy atom. The number of methoxy groups -OCH3 is 1. The SMILES string of the molecule is COc1cccc(-c2nc(C#N)c(N3CCN(C(=O)c4ccccc4)CC3)o2)c1. The van der Waals surface area contributed by atoms with Crippen molar-refractivity contribution in [3.05, 3.63) is 65.9 Å². The maximum atomic E-state index is 12.6. The van der Waals surface area contributed by atoms with Crippen LogP contribution < -0.4 is 9.64 Å². The molecule has 0 spiro atoms. The number of hydrogen-bond donors (Lipinski definition) is 0. The largest absolute Gasteiger partial charge is 0.497 e. The standard InChI is InChI=1S/C22H20N4O3/c1-28-18-9-5-8-17(14-18)20-24-19(15-23)22(29-20)26-12-10-25(11-13-26)21(27)16-6-3-2-4-7-16/h2-9,14H,10-13H2,1H3. The van der Waals surface area contributed by atoms with E-state index in [2.05, 4.69) is 11.1 Å². The summed E-state index contributed by atoms with van der Waals surface area (Å²) in [6.45, 7) is 2.24. The van der Waals surface area contributed by atoms with Gasteiger partial charge in [-0.15, -0.1) is 0 Å². The molecule has 7 nitrogen and oxygen atoms in total. The monoisotopic (exact) mass is 388 g/mol. The van der Waals surface area contributed by atoms with Crippen molar-refractivity contribution in [2.24, 2.45) is 0 Å². The Bertz CT molecular complexity index is 1050. The predicted molar refractivity (Wildman–Crippen MR) is 108 cm³/mol. The van der Waals surface area contributed by atoms with Crippen molar-refractivity contribution in [3.63, 3.8) is 0 Å². The van der Waals surface area contributed by atoms with Gasteiger partial charge in [0, 0.05) is 37.3 Å². The number of anilines is 1. The van der Waals surface area contributed by atoms with Crippen molar-refractivity contribution in [2.45, 2.75) is 0 Å².